The van der Waals surface area contributed by atoms with Crippen LogP contribution < -0.4 is 10.6 Å². The quantitative estimate of drug-likeness (QED) is 0.443. The van der Waals surface area contributed by atoms with E-state index < -0.39 is 0 Å². The first kappa shape index (κ1) is 21.8. The number of allylic oxidation sites excluding steroid dienone is 1. The summed E-state index contributed by atoms with van der Waals surface area (Å²) >= 11 is 0. The fourth-order valence-electron chi connectivity index (χ4n) is 4.11. The lowest BCUT2D eigenvalue weighted by molar-refractivity contribution is -0.114. The number of carbonyl (C=O) groups is 2. The highest BCUT2D eigenvalue weighted by Gasteiger charge is 2.10. The molecule has 1 aliphatic rings. The average molecular weight is 431 g/mol. The molecule has 0 saturated carbocycles. The molecule has 6 heteroatoms. The molecule has 0 unspecified atom stereocenters. The number of nitrogens with zero attached hydrogens (tertiary/aromatic N) is 1. The van der Waals surface area contributed by atoms with Crippen LogP contribution in [0, 0.1) is 0 Å². The molecule has 166 valence electrons. The van der Waals surface area contributed by atoms with Gasteiger partial charge in [0, 0.05) is 31.1 Å². The third-order valence-electron chi connectivity index (χ3n) is 5.83. The third kappa shape index (κ3) is 5.84. The predicted molar refractivity (Wildman–Crippen MR) is 128 cm³/mol. The van der Waals surface area contributed by atoms with Crippen LogP contribution in [-0.4, -0.2) is 28.3 Å². The lowest BCUT2D eigenvalue weighted by atomic mass is 9.97. The van der Waals surface area contributed by atoms with Gasteiger partial charge in [-0.2, -0.15) is 0 Å². The van der Waals surface area contributed by atoms with Crippen molar-refractivity contribution in [3.8, 4) is 0 Å². The van der Waals surface area contributed by atoms with Crippen LogP contribution in [0.5, 0.6) is 0 Å². The summed E-state index contributed by atoms with van der Waals surface area (Å²) in [6.45, 7) is 2.18. The lowest BCUT2D eigenvalue weighted by Crippen LogP contribution is -2.24. The van der Waals surface area contributed by atoms with Gasteiger partial charge in [0.15, 0.2) is 0 Å². The van der Waals surface area contributed by atoms with Crippen molar-refractivity contribution in [2.75, 3.05) is 11.9 Å². The largest absolute Gasteiger partial charge is 0.352 e. The van der Waals surface area contributed by atoms with Crippen molar-refractivity contribution >= 4 is 28.5 Å². The van der Waals surface area contributed by atoms with E-state index >= 15 is 0 Å². The number of anilines is 1. The molecule has 1 aromatic heterocycles. The monoisotopic (exact) mass is 430 g/mol. The predicted octanol–water partition coefficient (Wildman–Crippen LogP) is 4.93. The summed E-state index contributed by atoms with van der Waals surface area (Å²) in [5, 5.41) is 5.81. The van der Waals surface area contributed by atoms with E-state index in [1.165, 1.54) is 37.3 Å². The standard InChI is InChI=1S/C26H30N4O2/c1-18(31)28-22-11-7-20(8-12-22)9-14-25-29-23-13-10-21(17-24(23)30-25)26(32)27-16-15-19-5-3-2-4-6-19/h5,7-8,10-13,17H,2-4,6,9,14-16H2,1H3,(H,27,32)(H,28,31)(H,29,30). The molecule has 6 nitrogen and oxygen atoms in total. The SMILES string of the molecule is CC(=O)Nc1ccc(CCc2nc3ccc(C(=O)NCCC4=CCCCC4)cc3[nH]2)cc1. The normalized spacial score (nSPS) is 13.6. The summed E-state index contributed by atoms with van der Waals surface area (Å²) in [5.74, 6) is 0.779. The second-order valence-electron chi connectivity index (χ2n) is 8.41. The first-order valence-electron chi connectivity index (χ1n) is 11.4. The third-order valence-corrected chi connectivity index (χ3v) is 5.83. The van der Waals surface area contributed by atoms with Crippen molar-refractivity contribution in [2.24, 2.45) is 0 Å². The van der Waals surface area contributed by atoms with Crippen LogP contribution in [0.1, 0.15) is 60.8 Å². The minimum atomic E-state index is -0.0744. The van der Waals surface area contributed by atoms with E-state index in [0.717, 1.165) is 48.2 Å². The summed E-state index contributed by atoms with van der Waals surface area (Å²) in [6, 6.07) is 13.5. The molecule has 0 atom stereocenters. The van der Waals surface area contributed by atoms with E-state index in [-0.39, 0.29) is 11.8 Å². The molecule has 2 amide bonds. The van der Waals surface area contributed by atoms with Crippen LogP contribution in [0.25, 0.3) is 11.0 Å². The number of hydrogen-bond donors (Lipinski definition) is 3. The molecule has 32 heavy (non-hydrogen) atoms. The van der Waals surface area contributed by atoms with Crippen molar-refractivity contribution < 1.29 is 9.59 Å². The highest BCUT2D eigenvalue weighted by molar-refractivity contribution is 5.97. The second-order valence-corrected chi connectivity index (χ2v) is 8.41. The number of amides is 2. The average Bonchev–Trinajstić information content (AvgIpc) is 3.21. The van der Waals surface area contributed by atoms with Crippen LogP contribution in [0.2, 0.25) is 0 Å². The fourth-order valence-corrected chi connectivity index (χ4v) is 4.11. The van der Waals surface area contributed by atoms with E-state index in [4.69, 9.17) is 0 Å². The van der Waals surface area contributed by atoms with E-state index in [9.17, 15) is 9.59 Å². The molecule has 1 aliphatic carbocycles. The highest BCUT2D eigenvalue weighted by Crippen LogP contribution is 2.20. The molecule has 0 aliphatic heterocycles. The Morgan fingerprint density at radius 3 is 2.62 bits per heavy atom. The van der Waals surface area contributed by atoms with Gasteiger partial charge >= 0.3 is 0 Å². The number of carbonyl (C=O) groups excluding carboxylic acids is 2. The van der Waals surface area contributed by atoms with Gasteiger partial charge in [0.2, 0.25) is 5.91 Å². The van der Waals surface area contributed by atoms with Crippen LogP contribution in [0.4, 0.5) is 5.69 Å². The van der Waals surface area contributed by atoms with Gasteiger partial charge in [-0.1, -0.05) is 23.8 Å². The zero-order valence-corrected chi connectivity index (χ0v) is 18.5. The topological polar surface area (TPSA) is 86.9 Å². The van der Waals surface area contributed by atoms with Crippen molar-refractivity contribution in [2.45, 2.75) is 51.9 Å². The number of hydrogen-bond acceptors (Lipinski definition) is 3. The Kier molecular flexibility index (Phi) is 7.00. The fraction of sp³-hybridized carbons (Fsp3) is 0.346. The molecular weight excluding hydrogens is 400 g/mol. The van der Waals surface area contributed by atoms with Gasteiger partial charge in [0.05, 0.1) is 11.0 Å². The molecule has 0 spiro atoms. The van der Waals surface area contributed by atoms with Gasteiger partial charge < -0.3 is 15.6 Å². The van der Waals surface area contributed by atoms with Crippen LogP contribution >= 0.6 is 0 Å². The van der Waals surface area contributed by atoms with Crippen molar-refractivity contribution in [3.63, 3.8) is 0 Å². The summed E-state index contributed by atoms with van der Waals surface area (Å²) in [4.78, 5) is 31.7. The molecular formula is C26H30N4O2. The second kappa shape index (κ2) is 10.3. The van der Waals surface area contributed by atoms with Gasteiger partial charge in [-0.3, -0.25) is 9.59 Å². The molecule has 3 aromatic rings. The number of aromatic nitrogens is 2. The van der Waals surface area contributed by atoms with E-state index in [0.29, 0.717) is 12.1 Å². The molecule has 0 saturated heterocycles. The van der Waals surface area contributed by atoms with Gasteiger partial charge in [-0.15, -0.1) is 0 Å². The van der Waals surface area contributed by atoms with Gasteiger partial charge in [-0.25, -0.2) is 4.98 Å². The lowest BCUT2D eigenvalue weighted by Gasteiger charge is -2.12. The number of aryl methyl sites for hydroxylation is 2. The van der Waals surface area contributed by atoms with Crippen LogP contribution in [0.3, 0.4) is 0 Å². The van der Waals surface area contributed by atoms with Crippen molar-refractivity contribution in [3.05, 3.63) is 71.1 Å². The number of benzene rings is 2. The smallest absolute Gasteiger partial charge is 0.251 e. The number of rotatable bonds is 8. The first-order valence-corrected chi connectivity index (χ1v) is 11.4. The molecule has 3 N–H and O–H groups in total. The molecule has 0 fully saturated rings. The van der Waals surface area contributed by atoms with Crippen LogP contribution in [0.15, 0.2) is 54.1 Å². The van der Waals surface area contributed by atoms with Gasteiger partial charge in [-0.05, 0) is 74.4 Å². The number of H-pyrrole nitrogens is 1. The van der Waals surface area contributed by atoms with Crippen molar-refractivity contribution in [1.29, 1.82) is 0 Å². The Labute approximate surface area is 188 Å². The summed E-state index contributed by atoms with van der Waals surface area (Å²) < 4.78 is 0. The van der Waals surface area contributed by atoms with E-state index in [1.54, 1.807) is 0 Å². The summed E-state index contributed by atoms with van der Waals surface area (Å²) in [5.41, 5.74) is 5.83. The highest BCUT2D eigenvalue weighted by atomic mass is 16.2. The minimum Gasteiger partial charge on any atom is -0.352 e. The van der Waals surface area contributed by atoms with Gasteiger partial charge in [0.25, 0.3) is 5.91 Å². The molecule has 1 heterocycles. The Hall–Kier alpha value is -3.41. The maximum absolute atomic E-state index is 12.6. The van der Waals surface area contributed by atoms with Gasteiger partial charge in [0.1, 0.15) is 5.82 Å². The summed E-state index contributed by atoms with van der Waals surface area (Å²) in [7, 11) is 0. The molecule has 0 radical (unpaired) electrons. The maximum atomic E-state index is 12.6. The number of nitrogens with one attached hydrogen (secondary N) is 3. The van der Waals surface area contributed by atoms with E-state index in [2.05, 4.69) is 26.7 Å². The minimum absolute atomic E-state index is 0.0429. The van der Waals surface area contributed by atoms with E-state index in [1.807, 2.05) is 42.5 Å². The van der Waals surface area contributed by atoms with Crippen molar-refractivity contribution in [1.82, 2.24) is 15.3 Å². The summed E-state index contributed by atoms with van der Waals surface area (Å²) in [6.07, 6.45) is 9.75. The zero-order chi connectivity index (χ0) is 22.3. The molecule has 4 rings (SSSR count). The number of fused-ring (bicyclic) bond motifs is 1. The Morgan fingerprint density at radius 1 is 1.03 bits per heavy atom. The Bertz CT molecular complexity index is 1130. The molecule has 2 aromatic carbocycles. The zero-order valence-electron chi connectivity index (χ0n) is 18.5. The Morgan fingerprint density at radius 2 is 1.88 bits per heavy atom. The molecule has 0 bridgehead atoms. The number of aromatic amines is 1. The maximum Gasteiger partial charge on any atom is 0.251 e. The Balaban J connectivity index is 1.32. The van der Waals surface area contributed by atoms with Crippen LogP contribution in [-0.2, 0) is 17.6 Å². The number of imidazole rings is 1. The first-order chi connectivity index (χ1) is 15.6.